The molecule has 0 spiro atoms. The summed E-state index contributed by atoms with van der Waals surface area (Å²) in [5.41, 5.74) is 3.00. The molecule has 0 saturated heterocycles. The maximum absolute atomic E-state index is 14.0. The summed E-state index contributed by atoms with van der Waals surface area (Å²) in [6.07, 6.45) is 5.24. The van der Waals surface area contributed by atoms with Gasteiger partial charge in [-0.2, -0.15) is 4.39 Å². The van der Waals surface area contributed by atoms with Crippen molar-refractivity contribution in [2.45, 2.75) is 46.1 Å². The third kappa shape index (κ3) is 3.89. The van der Waals surface area contributed by atoms with Crippen LogP contribution in [-0.4, -0.2) is 18.5 Å². The summed E-state index contributed by atoms with van der Waals surface area (Å²) >= 11 is 0. The summed E-state index contributed by atoms with van der Waals surface area (Å²) in [7, 11) is 0. The van der Waals surface area contributed by atoms with Crippen molar-refractivity contribution in [1.82, 2.24) is 0 Å². The molecule has 150 valence electrons. The van der Waals surface area contributed by atoms with Gasteiger partial charge in [0.25, 0.3) is 0 Å². The molecule has 0 aliphatic heterocycles. The Morgan fingerprint density at radius 2 is 2.11 bits per heavy atom. The number of fused-ring (bicyclic) bond motifs is 1. The zero-order chi connectivity index (χ0) is 20.5. The fourth-order valence-corrected chi connectivity index (χ4v) is 4.13. The molecule has 0 amide bonds. The highest BCUT2D eigenvalue weighted by atomic mass is 19.1. The molecule has 2 aliphatic carbocycles. The minimum absolute atomic E-state index is 0.106. The lowest BCUT2D eigenvalue weighted by Crippen LogP contribution is -2.14. The van der Waals surface area contributed by atoms with Gasteiger partial charge in [-0.05, 0) is 60.3 Å². The zero-order valence-electron chi connectivity index (χ0n) is 16.7. The molecule has 0 heterocycles. The quantitative estimate of drug-likeness (QED) is 0.389. The Morgan fingerprint density at radius 3 is 2.79 bits per heavy atom. The molecule has 2 aliphatic rings. The molecule has 1 unspecified atom stereocenters. The summed E-state index contributed by atoms with van der Waals surface area (Å²) < 4.78 is 24.4. The van der Waals surface area contributed by atoms with Gasteiger partial charge in [-0.25, -0.2) is 4.79 Å². The number of allylic oxidation sites excluding steroid dienone is 2. The smallest absolute Gasteiger partial charge is 0.366 e. The van der Waals surface area contributed by atoms with Crippen LogP contribution in [0.1, 0.15) is 50.0 Å². The number of esters is 2. The van der Waals surface area contributed by atoms with E-state index in [2.05, 4.69) is 17.4 Å². The topological polar surface area (TPSA) is 52.6 Å². The molecule has 1 fully saturated rings. The van der Waals surface area contributed by atoms with E-state index in [-0.39, 0.29) is 24.6 Å². The molecule has 0 N–H and O–H groups in total. The highest BCUT2D eigenvalue weighted by molar-refractivity contribution is 5.87. The number of aryl methyl sites for hydroxylation is 1. The van der Waals surface area contributed by atoms with E-state index in [1.165, 1.54) is 17.2 Å². The van der Waals surface area contributed by atoms with Crippen LogP contribution in [0, 0.1) is 17.3 Å². The van der Waals surface area contributed by atoms with Crippen molar-refractivity contribution in [2.24, 2.45) is 17.3 Å². The van der Waals surface area contributed by atoms with Gasteiger partial charge in [0.15, 0.2) is 0 Å². The van der Waals surface area contributed by atoms with Crippen molar-refractivity contribution in [1.29, 1.82) is 0 Å². The first-order chi connectivity index (χ1) is 13.3. The molecular weight excluding hydrogens is 359 g/mol. The van der Waals surface area contributed by atoms with E-state index in [1.54, 1.807) is 6.92 Å². The average Bonchev–Trinajstić information content (AvgIpc) is 2.97. The number of rotatable bonds is 7. The van der Waals surface area contributed by atoms with Crippen molar-refractivity contribution in [3.8, 4) is 0 Å². The van der Waals surface area contributed by atoms with Gasteiger partial charge in [0, 0.05) is 0 Å². The minimum Gasteiger partial charge on any atom is -0.461 e. The van der Waals surface area contributed by atoms with Crippen LogP contribution in [0.15, 0.2) is 42.8 Å². The van der Waals surface area contributed by atoms with E-state index >= 15 is 0 Å². The number of hydrogen-bond acceptors (Lipinski definition) is 4. The molecule has 1 saturated carbocycles. The molecule has 28 heavy (non-hydrogen) atoms. The first kappa shape index (κ1) is 20.3. The number of halogens is 1. The van der Waals surface area contributed by atoms with Crippen LogP contribution >= 0.6 is 0 Å². The molecule has 0 radical (unpaired) electrons. The molecule has 5 heteroatoms. The van der Waals surface area contributed by atoms with Crippen molar-refractivity contribution >= 4 is 11.9 Å². The normalized spacial score (nSPS) is 25.0. The van der Waals surface area contributed by atoms with Gasteiger partial charge < -0.3 is 9.47 Å². The standard InChI is InChI=1S/C23H27FO4/c1-5-7-14-8-10-16-15(12-14)9-11-19(16)28-22(26)20-17(23(20,3)4)13-18(24)21(25)27-6-2/h5,8,10,12-13,17,19-20H,1,6-7,9,11H2,2-4H3/t17-,19?,20-/m0/s1. The molecular formula is C23H27FO4. The van der Waals surface area contributed by atoms with Crippen LogP contribution in [0.5, 0.6) is 0 Å². The number of ether oxygens (including phenoxy) is 2. The van der Waals surface area contributed by atoms with E-state index in [9.17, 15) is 14.0 Å². The van der Waals surface area contributed by atoms with E-state index in [1.807, 2.05) is 32.1 Å². The van der Waals surface area contributed by atoms with Crippen LogP contribution < -0.4 is 0 Å². The van der Waals surface area contributed by atoms with Crippen molar-refractivity contribution in [3.63, 3.8) is 0 Å². The van der Waals surface area contributed by atoms with Gasteiger partial charge in [-0.15, -0.1) is 6.58 Å². The summed E-state index contributed by atoms with van der Waals surface area (Å²) in [4.78, 5) is 24.2. The van der Waals surface area contributed by atoms with Gasteiger partial charge in [0.1, 0.15) is 6.10 Å². The number of hydrogen-bond donors (Lipinski definition) is 0. The van der Waals surface area contributed by atoms with Crippen molar-refractivity contribution in [2.75, 3.05) is 6.61 Å². The first-order valence-electron chi connectivity index (χ1n) is 9.77. The van der Waals surface area contributed by atoms with Crippen LogP contribution in [0.4, 0.5) is 4.39 Å². The van der Waals surface area contributed by atoms with Crippen LogP contribution in [0.25, 0.3) is 0 Å². The third-order valence-electron chi connectivity index (χ3n) is 5.83. The Hall–Kier alpha value is -2.43. The largest absolute Gasteiger partial charge is 0.461 e. The molecule has 4 nitrogen and oxygen atoms in total. The van der Waals surface area contributed by atoms with Gasteiger partial charge >= 0.3 is 11.9 Å². The Morgan fingerprint density at radius 1 is 1.36 bits per heavy atom. The summed E-state index contributed by atoms with van der Waals surface area (Å²) in [6.45, 7) is 9.24. The Kier molecular flexibility index (Phi) is 5.73. The van der Waals surface area contributed by atoms with E-state index in [0.717, 1.165) is 24.8 Å². The first-order valence-corrected chi connectivity index (χ1v) is 9.77. The lowest BCUT2D eigenvalue weighted by atomic mass is 10.0. The fourth-order valence-electron chi connectivity index (χ4n) is 4.13. The monoisotopic (exact) mass is 386 g/mol. The van der Waals surface area contributed by atoms with E-state index in [4.69, 9.17) is 4.74 Å². The highest BCUT2D eigenvalue weighted by Gasteiger charge is 2.62. The lowest BCUT2D eigenvalue weighted by molar-refractivity contribution is -0.152. The second-order valence-corrected chi connectivity index (χ2v) is 8.05. The van der Waals surface area contributed by atoms with Crippen molar-refractivity contribution in [3.05, 3.63) is 59.4 Å². The third-order valence-corrected chi connectivity index (χ3v) is 5.83. The molecule has 0 bridgehead atoms. The van der Waals surface area contributed by atoms with Gasteiger partial charge in [-0.1, -0.05) is 38.1 Å². The van der Waals surface area contributed by atoms with E-state index in [0.29, 0.717) is 0 Å². The minimum atomic E-state index is -0.989. The number of carbonyl (C=O) groups excluding carboxylic acids is 2. The fraction of sp³-hybridized carbons (Fsp3) is 0.478. The Labute approximate surface area is 165 Å². The maximum atomic E-state index is 14.0. The van der Waals surface area contributed by atoms with Crippen LogP contribution in [0.3, 0.4) is 0 Å². The highest BCUT2D eigenvalue weighted by Crippen LogP contribution is 2.60. The second-order valence-electron chi connectivity index (χ2n) is 8.05. The molecule has 3 atom stereocenters. The molecule has 3 rings (SSSR count). The molecule has 1 aromatic rings. The average molecular weight is 386 g/mol. The van der Waals surface area contributed by atoms with Crippen molar-refractivity contribution < 1.29 is 23.5 Å². The Bertz CT molecular complexity index is 824. The number of benzene rings is 1. The lowest BCUT2D eigenvalue weighted by Gasteiger charge is -2.14. The summed E-state index contributed by atoms with van der Waals surface area (Å²) in [5, 5.41) is 0. The SMILES string of the molecule is C=CCc1ccc2c(c1)CCC2OC(=O)[C@@H]1[C@H](C=C(F)C(=O)OCC)C1(C)C. The molecule has 0 aromatic heterocycles. The predicted molar refractivity (Wildman–Crippen MR) is 104 cm³/mol. The predicted octanol–water partition coefficient (Wildman–Crippen LogP) is 4.63. The van der Waals surface area contributed by atoms with Crippen LogP contribution in [-0.2, 0) is 31.9 Å². The summed E-state index contributed by atoms with van der Waals surface area (Å²) in [6, 6.07) is 6.20. The number of carbonyl (C=O) groups is 2. The molecule has 1 aromatic carbocycles. The summed E-state index contributed by atoms with van der Waals surface area (Å²) in [5.74, 6) is -3.11. The van der Waals surface area contributed by atoms with Crippen LogP contribution in [0.2, 0.25) is 0 Å². The van der Waals surface area contributed by atoms with Gasteiger partial charge in [-0.3, -0.25) is 4.79 Å². The Balaban J connectivity index is 1.67. The maximum Gasteiger partial charge on any atom is 0.366 e. The second kappa shape index (κ2) is 7.90. The zero-order valence-corrected chi connectivity index (χ0v) is 16.7. The van der Waals surface area contributed by atoms with Gasteiger partial charge in [0.2, 0.25) is 5.83 Å². The van der Waals surface area contributed by atoms with Gasteiger partial charge in [0.05, 0.1) is 12.5 Å². The van der Waals surface area contributed by atoms with E-state index < -0.39 is 23.1 Å².